The highest BCUT2D eigenvalue weighted by molar-refractivity contribution is 6.04. The number of methoxy groups -OCH3 is 1. The number of rotatable bonds is 4. The maximum atomic E-state index is 12.9. The largest absolute Gasteiger partial charge is 0.497 e. The minimum Gasteiger partial charge on any atom is -0.497 e. The number of anilines is 2. The average molecular weight is 434 g/mol. The molecule has 0 aliphatic carbocycles. The normalized spacial score (nSPS) is 16.4. The van der Waals surface area contributed by atoms with E-state index in [4.69, 9.17) is 4.74 Å². The number of hydrogen-bond donors (Lipinski definition) is 2. The molecule has 2 N–H and O–H groups in total. The third-order valence-corrected chi connectivity index (χ3v) is 5.80. The van der Waals surface area contributed by atoms with E-state index in [1.54, 1.807) is 36.3 Å². The van der Waals surface area contributed by atoms with Gasteiger partial charge in [0.05, 0.1) is 18.5 Å². The molecule has 1 aliphatic rings. The first-order valence-corrected chi connectivity index (χ1v) is 10.6. The molecule has 2 heterocycles. The molecule has 4 rings (SSSR count). The molecule has 3 aromatic rings. The van der Waals surface area contributed by atoms with Crippen molar-refractivity contribution >= 4 is 34.1 Å². The fourth-order valence-electron chi connectivity index (χ4n) is 4.10. The molecule has 1 saturated heterocycles. The van der Waals surface area contributed by atoms with E-state index in [2.05, 4.69) is 31.1 Å². The molecule has 7 nitrogen and oxygen atoms in total. The van der Waals surface area contributed by atoms with E-state index in [1.165, 1.54) is 0 Å². The summed E-state index contributed by atoms with van der Waals surface area (Å²) in [6.45, 7) is 6.49. The molecule has 0 spiro atoms. The van der Waals surface area contributed by atoms with Crippen molar-refractivity contribution in [1.82, 2.24) is 4.98 Å². The van der Waals surface area contributed by atoms with E-state index < -0.39 is 5.92 Å². The first-order chi connectivity index (χ1) is 15.2. The second kappa shape index (κ2) is 8.15. The molecule has 1 fully saturated rings. The SMILES string of the molecule is COc1ccc(N2CC(C(=O)Nc3ccc4c(C(C)(C)C)cc(=O)[nH]c4c3)CC2=O)cc1. The van der Waals surface area contributed by atoms with E-state index in [0.717, 1.165) is 16.6 Å². The van der Waals surface area contributed by atoms with Crippen molar-refractivity contribution in [2.45, 2.75) is 32.6 Å². The number of ether oxygens (including phenoxy) is 1. The summed E-state index contributed by atoms with van der Waals surface area (Å²) in [6.07, 6.45) is 0.149. The predicted octanol–water partition coefficient (Wildman–Crippen LogP) is 3.83. The Balaban J connectivity index is 1.52. The molecule has 0 bridgehead atoms. The van der Waals surface area contributed by atoms with Crippen LogP contribution < -0.4 is 20.5 Å². The van der Waals surface area contributed by atoms with Gasteiger partial charge in [-0.15, -0.1) is 0 Å². The quantitative estimate of drug-likeness (QED) is 0.654. The molecule has 2 amide bonds. The van der Waals surface area contributed by atoms with Gasteiger partial charge < -0.3 is 19.9 Å². The second-order valence-electron chi connectivity index (χ2n) is 9.15. The van der Waals surface area contributed by atoms with Crippen LogP contribution in [-0.4, -0.2) is 30.5 Å². The Morgan fingerprint density at radius 2 is 1.81 bits per heavy atom. The highest BCUT2D eigenvalue weighted by atomic mass is 16.5. The second-order valence-corrected chi connectivity index (χ2v) is 9.15. The maximum absolute atomic E-state index is 12.9. The van der Waals surface area contributed by atoms with E-state index in [0.29, 0.717) is 23.5 Å². The Kier molecular flexibility index (Phi) is 5.50. The van der Waals surface area contributed by atoms with Crippen molar-refractivity contribution < 1.29 is 14.3 Å². The fraction of sp³-hybridized carbons (Fsp3) is 0.320. The summed E-state index contributed by atoms with van der Waals surface area (Å²) in [5.41, 5.74) is 2.58. The number of nitrogens with one attached hydrogen (secondary N) is 2. The van der Waals surface area contributed by atoms with Crippen molar-refractivity contribution in [1.29, 1.82) is 0 Å². The van der Waals surface area contributed by atoms with E-state index >= 15 is 0 Å². The number of carbonyl (C=O) groups excluding carboxylic acids is 2. The average Bonchev–Trinajstić information content (AvgIpc) is 3.14. The molecule has 2 aromatic carbocycles. The third kappa shape index (κ3) is 4.23. The first kappa shape index (κ1) is 21.6. The molecular weight excluding hydrogens is 406 g/mol. The fourth-order valence-corrected chi connectivity index (χ4v) is 4.10. The minimum absolute atomic E-state index is 0.0898. The maximum Gasteiger partial charge on any atom is 0.248 e. The van der Waals surface area contributed by atoms with E-state index in [-0.39, 0.29) is 29.2 Å². The van der Waals surface area contributed by atoms with Gasteiger partial charge in [-0.25, -0.2) is 0 Å². The number of aromatic nitrogens is 1. The summed E-state index contributed by atoms with van der Waals surface area (Å²) in [5, 5.41) is 3.85. The van der Waals surface area contributed by atoms with Gasteiger partial charge in [0, 0.05) is 35.8 Å². The van der Waals surface area contributed by atoms with Gasteiger partial charge >= 0.3 is 0 Å². The van der Waals surface area contributed by atoms with Crippen LogP contribution in [0.3, 0.4) is 0 Å². The van der Waals surface area contributed by atoms with Crippen LogP contribution in [0.1, 0.15) is 32.8 Å². The van der Waals surface area contributed by atoms with Crippen LogP contribution in [0.15, 0.2) is 53.3 Å². The molecule has 166 valence electrons. The number of nitrogens with zero attached hydrogens (tertiary/aromatic N) is 1. The van der Waals surface area contributed by atoms with Gasteiger partial charge in [-0.2, -0.15) is 0 Å². The standard InChI is InChI=1S/C25H27N3O4/c1-25(2,3)20-13-22(29)27-21-12-16(5-10-19(20)21)26-24(31)15-11-23(30)28(14-15)17-6-8-18(32-4)9-7-17/h5-10,12-13,15H,11,14H2,1-4H3,(H,26,31)(H,27,29). The van der Waals surface area contributed by atoms with Crippen LogP contribution >= 0.6 is 0 Å². The van der Waals surface area contributed by atoms with Crippen LogP contribution in [0, 0.1) is 5.92 Å². The number of benzene rings is 2. The molecule has 1 aromatic heterocycles. The molecular formula is C25H27N3O4. The Bertz CT molecular complexity index is 1240. The zero-order valence-electron chi connectivity index (χ0n) is 18.7. The Hall–Kier alpha value is -3.61. The summed E-state index contributed by atoms with van der Waals surface area (Å²) >= 11 is 0. The van der Waals surface area contributed by atoms with Crippen molar-refractivity contribution in [3.8, 4) is 5.75 Å². The number of pyridine rings is 1. The lowest BCUT2D eigenvalue weighted by Crippen LogP contribution is -2.28. The summed E-state index contributed by atoms with van der Waals surface area (Å²) < 4.78 is 5.16. The Morgan fingerprint density at radius 1 is 1.09 bits per heavy atom. The Morgan fingerprint density at radius 3 is 2.47 bits per heavy atom. The molecule has 32 heavy (non-hydrogen) atoms. The van der Waals surface area contributed by atoms with Gasteiger partial charge in [0.2, 0.25) is 17.4 Å². The molecule has 7 heteroatoms. The van der Waals surface area contributed by atoms with Crippen molar-refractivity contribution in [2.24, 2.45) is 5.92 Å². The van der Waals surface area contributed by atoms with Crippen molar-refractivity contribution in [3.05, 3.63) is 64.4 Å². The smallest absolute Gasteiger partial charge is 0.248 e. The van der Waals surface area contributed by atoms with E-state index in [9.17, 15) is 14.4 Å². The lowest BCUT2D eigenvalue weighted by molar-refractivity contribution is -0.122. The van der Waals surface area contributed by atoms with Gasteiger partial charge in [-0.05, 0) is 47.4 Å². The van der Waals surface area contributed by atoms with E-state index in [1.807, 2.05) is 24.3 Å². The molecule has 0 saturated carbocycles. The van der Waals surface area contributed by atoms with Crippen LogP contribution in [0.5, 0.6) is 5.75 Å². The minimum atomic E-state index is -0.458. The number of hydrogen-bond acceptors (Lipinski definition) is 4. The number of H-pyrrole nitrogens is 1. The molecule has 1 atom stereocenters. The third-order valence-electron chi connectivity index (χ3n) is 5.80. The Labute approximate surface area is 186 Å². The first-order valence-electron chi connectivity index (χ1n) is 10.6. The zero-order valence-corrected chi connectivity index (χ0v) is 18.7. The van der Waals surface area contributed by atoms with Gasteiger partial charge in [-0.3, -0.25) is 14.4 Å². The predicted molar refractivity (Wildman–Crippen MR) is 125 cm³/mol. The molecule has 1 aliphatic heterocycles. The van der Waals surface area contributed by atoms with Gasteiger partial charge in [0.25, 0.3) is 0 Å². The number of aromatic amines is 1. The van der Waals surface area contributed by atoms with Gasteiger partial charge in [0.1, 0.15) is 5.75 Å². The summed E-state index contributed by atoms with van der Waals surface area (Å²) in [5.74, 6) is -0.0603. The number of amides is 2. The van der Waals surface area contributed by atoms with Crippen LogP contribution in [0.25, 0.3) is 10.9 Å². The zero-order chi connectivity index (χ0) is 23.0. The van der Waals surface area contributed by atoms with Crippen molar-refractivity contribution in [3.63, 3.8) is 0 Å². The number of fused-ring (bicyclic) bond motifs is 1. The number of carbonyl (C=O) groups is 2. The lowest BCUT2D eigenvalue weighted by Gasteiger charge is -2.21. The summed E-state index contributed by atoms with van der Waals surface area (Å²) in [4.78, 5) is 42.0. The lowest BCUT2D eigenvalue weighted by atomic mass is 9.85. The highest BCUT2D eigenvalue weighted by Gasteiger charge is 2.35. The molecule has 1 unspecified atom stereocenters. The van der Waals surface area contributed by atoms with Crippen molar-refractivity contribution in [2.75, 3.05) is 23.9 Å². The summed E-state index contributed by atoms with van der Waals surface area (Å²) in [7, 11) is 1.59. The van der Waals surface area contributed by atoms with Gasteiger partial charge in [0.15, 0.2) is 0 Å². The monoisotopic (exact) mass is 433 g/mol. The topological polar surface area (TPSA) is 91.5 Å². The molecule has 0 radical (unpaired) electrons. The van der Waals surface area contributed by atoms with Crippen LogP contribution in [0.4, 0.5) is 11.4 Å². The van der Waals surface area contributed by atoms with Crippen LogP contribution in [-0.2, 0) is 15.0 Å². The summed E-state index contributed by atoms with van der Waals surface area (Å²) in [6, 6.07) is 14.3. The van der Waals surface area contributed by atoms with Gasteiger partial charge in [-0.1, -0.05) is 26.8 Å². The highest BCUT2D eigenvalue weighted by Crippen LogP contribution is 2.30. The van der Waals surface area contributed by atoms with Crippen LogP contribution in [0.2, 0.25) is 0 Å².